The van der Waals surface area contributed by atoms with E-state index in [1.807, 2.05) is 20.8 Å². The summed E-state index contributed by atoms with van der Waals surface area (Å²) in [4.78, 5) is 0. The molecule has 0 aliphatic rings. The molecule has 0 radical (unpaired) electrons. The zero-order valence-corrected chi connectivity index (χ0v) is 6.29. The van der Waals surface area contributed by atoms with Crippen molar-refractivity contribution in [2.24, 2.45) is 5.41 Å². The molecule has 0 aromatic heterocycles. The van der Waals surface area contributed by atoms with E-state index >= 15 is 0 Å². The molecule has 0 aromatic rings. The lowest BCUT2D eigenvalue weighted by atomic mass is 10.0. The van der Waals surface area contributed by atoms with Crippen molar-refractivity contribution in [2.45, 2.75) is 20.8 Å². The third kappa shape index (κ3) is 6.11. The number of hydrogen-bond acceptors (Lipinski definition) is 1. The van der Waals surface area contributed by atoms with Crippen LogP contribution in [0.5, 0.6) is 0 Å². The van der Waals surface area contributed by atoms with Gasteiger partial charge in [0.25, 0.3) is 0 Å². The Morgan fingerprint density at radius 3 is 1.88 bits per heavy atom. The van der Waals surface area contributed by atoms with Gasteiger partial charge in [0, 0.05) is 0 Å². The summed E-state index contributed by atoms with van der Waals surface area (Å²) < 4.78 is 18.5. The molecule has 2 nitrogen and oxygen atoms in total. The molecule has 3 heteroatoms. The Hall–Kier alpha value is 0.110. The van der Waals surface area contributed by atoms with Crippen molar-refractivity contribution in [3.05, 3.63) is 0 Å². The lowest BCUT2D eigenvalue weighted by molar-refractivity contribution is 0.454. The third-order valence-corrected chi connectivity index (χ3v) is 1.67. The van der Waals surface area contributed by atoms with Gasteiger partial charge >= 0.3 is 0 Å². The first kappa shape index (κ1) is 8.11. The summed E-state index contributed by atoms with van der Waals surface area (Å²) in [6.45, 7) is 5.80. The lowest BCUT2D eigenvalue weighted by Gasteiger charge is -2.13. The fourth-order valence-electron chi connectivity index (χ4n) is 0.370. The minimum absolute atomic E-state index is 0.0282. The van der Waals surface area contributed by atoms with Crippen molar-refractivity contribution in [3.8, 4) is 0 Å². The number of hydrogen-bond donors (Lipinski definition) is 1. The molecule has 50 valence electrons. The van der Waals surface area contributed by atoms with E-state index in [-0.39, 0.29) is 5.41 Å². The molecule has 0 spiro atoms. The first-order valence-electron chi connectivity index (χ1n) is 2.49. The molecule has 0 heterocycles. The summed E-state index contributed by atoms with van der Waals surface area (Å²) in [6.07, 6.45) is 0. The van der Waals surface area contributed by atoms with Gasteiger partial charge in [-0.1, -0.05) is 20.8 Å². The van der Waals surface area contributed by atoms with E-state index in [2.05, 4.69) is 0 Å². The lowest BCUT2D eigenvalue weighted by Crippen LogP contribution is -2.15. The zero-order chi connectivity index (χ0) is 6.78. The van der Waals surface area contributed by atoms with Crippen LogP contribution in [-0.2, 0) is 11.1 Å². The van der Waals surface area contributed by atoms with Crippen LogP contribution in [0.4, 0.5) is 0 Å². The molecule has 0 aliphatic heterocycles. The molecule has 0 amide bonds. The molecule has 0 aliphatic carbocycles. The van der Waals surface area contributed by atoms with Gasteiger partial charge in [-0.2, -0.15) is 0 Å². The fourth-order valence-corrected chi connectivity index (χ4v) is 1.11. The Morgan fingerprint density at radius 1 is 1.50 bits per heavy atom. The highest BCUT2D eigenvalue weighted by molar-refractivity contribution is 7.79. The van der Waals surface area contributed by atoms with Crippen molar-refractivity contribution in [1.82, 2.24) is 0 Å². The van der Waals surface area contributed by atoms with Crippen LogP contribution >= 0.6 is 0 Å². The maximum Gasteiger partial charge on any atom is 0.153 e. The van der Waals surface area contributed by atoms with Gasteiger partial charge in [-0.15, -0.1) is 0 Å². The van der Waals surface area contributed by atoms with Gasteiger partial charge in [0.05, 0.1) is 5.75 Å². The van der Waals surface area contributed by atoms with E-state index in [0.717, 1.165) is 0 Å². The maximum absolute atomic E-state index is 10.1. The Bertz CT molecular complexity index is 93.1. The second-order valence-electron chi connectivity index (χ2n) is 3.03. The van der Waals surface area contributed by atoms with E-state index in [0.29, 0.717) is 5.75 Å². The molecule has 1 atom stereocenters. The van der Waals surface area contributed by atoms with Crippen LogP contribution in [0.25, 0.3) is 0 Å². The largest absolute Gasteiger partial charge is 0.306 e. The van der Waals surface area contributed by atoms with Gasteiger partial charge in [0.2, 0.25) is 0 Å². The topological polar surface area (TPSA) is 37.3 Å². The fraction of sp³-hybridized carbons (Fsp3) is 1.00. The highest BCUT2D eigenvalue weighted by Gasteiger charge is 2.12. The van der Waals surface area contributed by atoms with Crippen LogP contribution in [0.15, 0.2) is 0 Å². The molecule has 0 fully saturated rings. The van der Waals surface area contributed by atoms with E-state index < -0.39 is 11.1 Å². The average molecular weight is 136 g/mol. The number of rotatable bonds is 1. The maximum atomic E-state index is 10.1. The molecule has 0 saturated heterocycles. The first-order valence-corrected chi connectivity index (χ1v) is 3.77. The van der Waals surface area contributed by atoms with Gasteiger partial charge in [-0.25, -0.2) is 4.21 Å². The van der Waals surface area contributed by atoms with E-state index in [9.17, 15) is 4.21 Å². The zero-order valence-electron chi connectivity index (χ0n) is 5.47. The Morgan fingerprint density at radius 2 is 1.88 bits per heavy atom. The molecule has 0 rings (SSSR count). The molecule has 1 N–H and O–H groups in total. The van der Waals surface area contributed by atoms with Crippen LogP contribution < -0.4 is 0 Å². The normalized spacial score (nSPS) is 16.0. The van der Waals surface area contributed by atoms with Crippen LogP contribution in [0.2, 0.25) is 0 Å². The van der Waals surface area contributed by atoms with Crippen LogP contribution in [0, 0.1) is 5.41 Å². The average Bonchev–Trinajstić information content (AvgIpc) is 1.21. The second kappa shape index (κ2) is 2.60. The third-order valence-electron chi connectivity index (χ3n) is 0.556. The smallest absolute Gasteiger partial charge is 0.153 e. The SMILES string of the molecule is CC(C)(C)CS(=O)O. The second-order valence-corrected chi connectivity index (χ2v) is 3.96. The van der Waals surface area contributed by atoms with Gasteiger partial charge in [-0.05, 0) is 5.41 Å². The highest BCUT2D eigenvalue weighted by atomic mass is 32.2. The molecule has 0 bridgehead atoms. The molecular formula is C5H12O2S. The van der Waals surface area contributed by atoms with Crippen molar-refractivity contribution in [3.63, 3.8) is 0 Å². The van der Waals surface area contributed by atoms with Gasteiger partial charge in [0.1, 0.15) is 0 Å². The van der Waals surface area contributed by atoms with Crippen LogP contribution in [0.3, 0.4) is 0 Å². The molecule has 0 aromatic carbocycles. The summed E-state index contributed by atoms with van der Waals surface area (Å²) in [5.41, 5.74) is -0.0282. The summed E-state index contributed by atoms with van der Waals surface area (Å²) >= 11 is -1.64. The van der Waals surface area contributed by atoms with Crippen LogP contribution in [-0.4, -0.2) is 14.5 Å². The Balaban J connectivity index is 3.55. The molecule has 0 saturated carbocycles. The quantitative estimate of drug-likeness (QED) is 0.551. The van der Waals surface area contributed by atoms with Crippen LogP contribution in [0.1, 0.15) is 20.8 Å². The minimum atomic E-state index is -1.64. The highest BCUT2D eigenvalue weighted by Crippen LogP contribution is 2.12. The Labute approximate surface area is 52.6 Å². The van der Waals surface area contributed by atoms with Gasteiger partial charge in [0.15, 0.2) is 11.1 Å². The van der Waals surface area contributed by atoms with E-state index in [1.165, 1.54) is 0 Å². The monoisotopic (exact) mass is 136 g/mol. The Kier molecular flexibility index (Phi) is 2.63. The summed E-state index contributed by atoms with van der Waals surface area (Å²) in [6, 6.07) is 0. The summed E-state index contributed by atoms with van der Waals surface area (Å²) in [7, 11) is 0. The van der Waals surface area contributed by atoms with E-state index in [4.69, 9.17) is 4.55 Å². The summed E-state index contributed by atoms with van der Waals surface area (Å²) in [5.74, 6) is 0.354. The van der Waals surface area contributed by atoms with Crippen molar-refractivity contribution in [1.29, 1.82) is 0 Å². The van der Waals surface area contributed by atoms with Crippen molar-refractivity contribution >= 4 is 11.1 Å². The molecular weight excluding hydrogens is 124 g/mol. The minimum Gasteiger partial charge on any atom is -0.306 e. The van der Waals surface area contributed by atoms with Gasteiger partial charge in [-0.3, -0.25) is 0 Å². The van der Waals surface area contributed by atoms with Crippen molar-refractivity contribution in [2.75, 3.05) is 5.75 Å². The predicted octanol–water partition coefficient (Wildman–Crippen LogP) is 1.25. The molecule has 8 heavy (non-hydrogen) atoms. The van der Waals surface area contributed by atoms with Crippen molar-refractivity contribution < 1.29 is 8.76 Å². The summed E-state index contributed by atoms with van der Waals surface area (Å²) in [5, 5.41) is 0. The molecule has 1 unspecified atom stereocenters. The predicted molar refractivity (Wildman–Crippen MR) is 35.1 cm³/mol. The standard InChI is InChI=1S/C5H12O2S/c1-5(2,3)4-8(6)7/h4H2,1-3H3,(H,6,7). The first-order chi connectivity index (χ1) is 3.42. The van der Waals surface area contributed by atoms with E-state index in [1.54, 1.807) is 0 Å². The van der Waals surface area contributed by atoms with Gasteiger partial charge < -0.3 is 4.55 Å².